The van der Waals surface area contributed by atoms with Gasteiger partial charge in [-0.2, -0.15) is 5.10 Å². The molecule has 4 heterocycles. The van der Waals surface area contributed by atoms with E-state index < -0.39 is 0 Å². The van der Waals surface area contributed by atoms with Crippen LogP contribution in [0.25, 0.3) is 27.9 Å². The minimum atomic E-state index is 0.533. The first-order valence-electron chi connectivity index (χ1n) is 8.44. The SMILES string of the molecule is Cn1cc(-c2cnc3[nH]cc(/C(N)=C/N(N)Cc4ccncc4)c3c2)cn1. The average molecular weight is 360 g/mol. The first kappa shape index (κ1) is 16.8. The van der Waals surface area contributed by atoms with Crippen LogP contribution in [0.4, 0.5) is 0 Å². The van der Waals surface area contributed by atoms with Crippen LogP contribution in [-0.2, 0) is 13.6 Å². The zero-order valence-corrected chi connectivity index (χ0v) is 14.9. The Morgan fingerprint density at radius 3 is 2.81 bits per heavy atom. The zero-order chi connectivity index (χ0) is 18.8. The molecule has 0 atom stereocenters. The van der Waals surface area contributed by atoms with Gasteiger partial charge in [0, 0.05) is 66.3 Å². The van der Waals surface area contributed by atoms with Crippen molar-refractivity contribution < 1.29 is 0 Å². The number of rotatable bonds is 5. The molecule has 0 amide bonds. The number of hydrogen-bond acceptors (Lipinski definition) is 6. The van der Waals surface area contributed by atoms with Crippen LogP contribution < -0.4 is 11.6 Å². The first-order chi connectivity index (χ1) is 13.1. The summed E-state index contributed by atoms with van der Waals surface area (Å²) < 4.78 is 1.76. The minimum absolute atomic E-state index is 0.533. The predicted octanol–water partition coefficient (Wildman–Crippen LogP) is 1.99. The van der Waals surface area contributed by atoms with Crippen molar-refractivity contribution in [2.75, 3.05) is 0 Å². The molecule has 0 aromatic carbocycles. The van der Waals surface area contributed by atoms with Crippen molar-refractivity contribution in [1.82, 2.24) is 29.7 Å². The fourth-order valence-electron chi connectivity index (χ4n) is 2.96. The third-order valence-corrected chi connectivity index (χ3v) is 4.30. The number of aryl methyl sites for hydroxylation is 1. The van der Waals surface area contributed by atoms with E-state index in [1.807, 2.05) is 44.0 Å². The number of nitrogens with one attached hydrogen (secondary N) is 1. The van der Waals surface area contributed by atoms with Gasteiger partial charge in [0.25, 0.3) is 0 Å². The number of H-pyrrole nitrogens is 1. The molecule has 27 heavy (non-hydrogen) atoms. The van der Waals surface area contributed by atoms with Crippen molar-refractivity contribution in [3.63, 3.8) is 0 Å². The lowest BCUT2D eigenvalue weighted by atomic mass is 10.1. The van der Waals surface area contributed by atoms with Gasteiger partial charge in [-0.05, 0) is 23.8 Å². The summed E-state index contributed by atoms with van der Waals surface area (Å²) in [5, 5.41) is 6.71. The van der Waals surface area contributed by atoms with Crippen LogP contribution in [-0.4, -0.2) is 29.7 Å². The molecule has 0 unspecified atom stereocenters. The molecule has 0 saturated heterocycles. The smallest absolute Gasteiger partial charge is 0.137 e. The van der Waals surface area contributed by atoms with E-state index in [2.05, 4.69) is 26.1 Å². The van der Waals surface area contributed by atoms with E-state index in [-0.39, 0.29) is 0 Å². The van der Waals surface area contributed by atoms with Gasteiger partial charge in [0.15, 0.2) is 0 Å². The van der Waals surface area contributed by atoms with Crippen LogP contribution in [0.5, 0.6) is 0 Å². The van der Waals surface area contributed by atoms with Crippen molar-refractivity contribution in [3.8, 4) is 11.1 Å². The van der Waals surface area contributed by atoms with E-state index in [4.69, 9.17) is 11.6 Å². The molecule has 0 saturated carbocycles. The van der Waals surface area contributed by atoms with Crippen LogP contribution in [0.15, 0.2) is 61.6 Å². The van der Waals surface area contributed by atoms with Gasteiger partial charge >= 0.3 is 0 Å². The standard InChI is InChI=1S/C19H20N8/c1-26-11-15(8-25-26)14-6-16-17(9-24-19(16)23-7-14)18(20)12-27(21)10-13-2-4-22-5-3-13/h2-9,11-12H,10,20-21H2,1H3,(H,23,24)/b18-12-. The Bertz CT molecular complexity index is 1090. The number of fused-ring (bicyclic) bond motifs is 1. The second-order valence-electron chi connectivity index (χ2n) is 6.34. The Hall–Kier alpha value is -3.65. The Balaban J connectivity index is 1.64. The summed E-state index contributed by atoms with van der Waals surface area (Å²) in [6.07, 6.45) is 12.6. The van der Waals surface area contributed by atoms with Gasteiger partial charge in [-0.15, -0.1) is 0 Å². The summed E-state index contributed by atoms with van der Waals surface area (Å²) in [6.45, 7) is 0.533. The van der Waals surface area contributed by atoms with E-state index in [1.165, 1.54) is 0 Å². The Kier molecular flexibility index (Phi) is 4.31. The molecule has 8 nitrogen and oxygen atoms in total. The first-order valence-corrected chi connectivity index (χ1v) is 8.44. The Labute approximate surface area is 156 Å². The van der Waals surface area contributed by atoms with Crippen LogP contribution in [0.2, 0.25) is 0 Å². The molecular formula is C19H20N8. The fourth-order valence-corrected chi connectivity index (χ4v) is 2.96. The van der Waals surface area contributed by atoms with Gasteiger partial charge in [-0.25, -0.2) is 10.8 Å². The number of nitrogens with zero attached hydrogens (tertiary/aromatic N) is 5. The third kappa shape index (κ3) is 3.51. The quantitative estimate of drug-likeness (QED) is 0.370. The lowest BCUT2D eigenvalue weighted by molar-refractivity contribution is 0.387. The molecule has 136 valence electrons. The summed E-state index contributed by atoms with van der Waals surface area (Å²) in [5.41, 5.74) is 11.5. The van der Waals surface area contributed by atoms with Gasteiger partial charge in [-0.1, -0.05) is 0 Å². The highest BCUT2D eigenvalue weighted by molar-refractivity contribution is 5.92. The molecule has 5 N–H and O–H groups in total. The number of pyridine rings is 2. The van der Waals surface area contributed by atoms with Crippen molar-refractivity contribution in [2.24, 2.45) is 18.6 Å². The van der Waals surface area contributed by atoms with E-state index in [1.54, 1.807) is 28.3 Å². The zero-order valence-electron chi connectivity index (χ0n) is 14.9. The minimum Gasteiger partial charge on any atom is -0.397 e. The number of aromatic amines is 1. The van der Waals surface area contributed by atoms with E-state index in [0.29, 0.717) is 12.2 Å². The molecule has 4 aromatic rings. The van der Waals surface area contributed by atoms with Gasteiger partial charge < -0.3 is 15.7 Å². The van der Waals surface area contributed by atoms with Gasteiger partial charge in [0.1, 0.15) is 5.65 Å². The molecule has 4 rings (SSSR count). The molecule has 0 aliphatic heterocycles. The largest absolute Gasteiger partial charge is 0.397 e. The molecule has 0 aliphatic rings. The molecule has 0 fully saturated rings. The lowest BCUT2D eigenvalue weighted by Crippen LogP contribution is -2.25. The lowest BCUT2D eigenvalue weighted by Gasteiger charge is -2.14. The summed E-state index contributed by atoms with van der Waals surface area (Å²) in [4.78, 5) is 11.7. The van der Waals surface area contributed by atoms with Gasteiger partial charge in [0.05, 0.1) is 18.4 Å². The summed E-state index contributed by atoms with van der Waals surface area (Å²) in [5.74, 6) is 6.10. The Morgan fingerprint density at radius 2 is 2.07 bits per heavy atom. The molecule has 8 heteroatoms. The van der Waals surface area contributed by atoms with Crippen molar-refractivity contribution in [2.45, 2.75) is 6.54 Å². The maximum absolute atomic E-state index is 6.32. The topological polar surface area (TPSA) is 115 Å². The van der Waals surface area contributed by atoms with E-state index >= 15 is 0 Å². The van der Waals surface area contributed by atoms with Crippen LogP contribution in [0.3, 0.4) is 0 Å². The van der Waals surface area contributed by atoms with Crippen LogP contribution in [0, 0.1) is 0 Å². The van der Waals surface area contributed by atoms with Crippen molar-refractivity contribution in [1.29, 1.82) is 0 Å². The average Bonchev–Trinajstić information content (AvgIpc) is 3.28. The number of aromatic nitrogens is 5. The molecule has 4 aromatic heterocycles. The van der Waals surface area contributed by atoms with Gasteiger partial charge in [0.2, 0.25) is 0 Å². The second kappa shape index (κ2) is 6.93. The highest BCUT2D eigenvalue weighted by Gasteiger charge is 2.11. The third-order valence-electron chi connectivity index (χ3n) is 4.30. The Morgan fingerprint density at radius 1 is 1.26 bits per heavy atom. The molecule has 0 aliphatic carbocycles. The van der Waals surface area contributed by atoms with E-state index in [9.17, 15) is 0 Å². The summed E-state index contributed by atoms with van der Waals surface area (Å²) >= 11 is 0. The summed E-state index contributed by atoms with van der Waals surface area (Å²) in [6, 6.07) is 5.88. The number of nitrogens with two attached hydrogens (primary N) is 2. The highest BCUT2D eigenvalue weighted by Crippen LogP contribution is 2.26. The highest BCUT2D eigenvalue weighted by atomic mass is 15.4. The van der Waals surface area contributed by atoms with Crippen molar-refractivity contribution in [3.05, 3.63) is 72.7 Å². The fraction of sp³-hybridized carbons (Fsp3) is 0.105. The maximum atomic E-state index is 6.32. The second-order valence-corrected chi connectivity index (χ2v) is 6.34. The van der Waals surface area contributed by atoms with Crippen LogP contribution >= 0.6 is 0 Å². The summed E-state index contributed by atoms with van der Waals surface area (Å²) in [7, 11) is 1.89. The van der Waals surface area contributed by atoms with E-state index in [0.717, 1.165) is 33.3 Å². The maximum Gasteiger partial charge on any atom is 0.137 e. The molecule has 0 bridgehead atoms. The number of hydrazine groups is 1. The van der Waals surface area contributed by atoms with Gasteiger partial charge in [-0.3, -0.25) is 9.67 Å². The predicted molar refractivity (Wildman–Crippen MR) is 104 cm³/mol. The number of hydrogen-bond donors (Lipinski definition) is 3. The molecule has 0 radical (unpaired) electrons. The molecule has 0 spiro atoms. The van der Waals surface area contributed by atoms with Crippen molar-refractivity contribution >= 4 is 16.7 Å². The normalized spacial score (nSPS) is 11.9. The molecular weight excluding hydrogens is 340 g/mol. The van der Waals surface area contributed by atoms with Crippen LogP contribution in [0.1, 0.15) is 11.1 Å². The monoisotopic (exact) mass is 360 g/mol.